The molecule has 4 nitrogen and oxygen atoms in total. The molecule has 2 heterocycles. The van der Waals surface area contributed by atoms with E-state index >= 15 is 0 Å². The molecule has 4 heteroatoms. The van der Waals surface area contributed by atoms with Crippen molar-refractivity contribution in [1.29, 1.82) is 0 Å². The number of amides is 1. The molecule has 140 valence electrons. The maximum atomic E-state index is 12.7. The van der Waals surface area contributed by atoms with Gasteiger partial charge in [0, 0.05) is 30.3 Å². The predicted octanol–water partition coefficient (Wildman–Crippen LogP) is 3.85. The average molecular weight is 362 g/mol. The summed E-state index contributed by atoms with van der Waals surface area (Å²) in [6.45, 7) is 1.89. The van der Waals surface area contributed by atoms with Gasteiger partial charge in [0.1, 0.15) is 0 Å². The lowest BCUT2D eigenvalue weighted by molar-refractivity contribution is -0.115. The van der Waals surface area contributed by atoms with Crippen molar-refractivity contribution in [3.8, 4) is 0 Å². The molecule has 27 heavy (non-hydrogen) atoms. The van der Waals surface area contributed by atoms with Crippen LogP contribution in [0, 0.1) is 0 Å². The topological polar surface area (TPSA) is 49.4 Å². The Hall–Kier alpha value is -2.46. The first kappa shape index (κ1) is 17.9. The van der Waals surface area contributed by atoms with Crippen molar-refractivity contribution >= 4 is 17.4 Å². The number of hydrogen-bond acceptors (Lipinski definition) is 3. The largest absolute Gasteiger partial charge is 0.326 e. The average Bonchev–Trinajstić information content (AvgIpc) is 3.07. The van der Waals surface area contributed by atoms with E-state index in [-0.39, 0.29) is 11.7 Å². The molecular weight excluding hydrogens is 336 g/mol. The van der Waals surface area contributed by atoms with Crippen LogP contribution in [-0.4, -0.2) is 35.7 Å². The zero-order valence-electron chi connectivity index (χ0n) is 15.6. The number of nitrogens with one attached hydrogen (secondary N) is 1. The zero-order valence-corrected chi connectivity index (χ0v) is 15.6. The first-order valence-corrected chi connectivity index (χ1v) is 9.93. The first-order chi connectivity index (χ1) is 13.2. The molecule has 1 N–H and O–H groups in total. The van der Waals surface area contributed by atoms with Gasteiger partial charge in [-0.1, -0.05) is 36.8 Å². The molecule has 1 saturated heterocycles. The van der Waals surface area contributed by atoms with Crippen molar-refractivity contribution < 1.29 is 9.59 Å². The molecule has 0 spiro atoms. The molecule has 1 atom stereocenters. The van der Waals surface area contributed by atoms with Crippen LogP contribution in [0.1, 0.15) is 47.2 Å². The van der Waals surface area contributed by atoms with Gasteiger partial charge in [0.05, 0.1) is 6.42 Å². The third-order valence-electron chi connectivity index (χ3n) is 5.74. The van der Waals surface area contributed by atoms with E-state index in [4.69, 9.17) is 0 Å². The minimum absolute atomic E-state index is 0.00618. The molecular formula is C23H26N2O2. The number of fused-ring (bicyclic) bond motifs is 1. The lowest BCUT2D eigenvalue weighted by atomic mass is 9.95. The summed E-state index contributed by atoms with van der Waals surface area (Å²) in [6, 6.07) is 16.7. The highest BCUT2D eigenvalue weighted by Crippen LogP contribution is 2.25. The number of anilines is 1. The quantitative estimate of drug-likeness (QED) is 0.794. The van der Waals surface area contributed by atoms with Crippen molar-refractivity contribution in [2.75, 3.05) is 18.4 Å². The molecule has 0 radical (unpaired) electrons. The van der Waals surface area contributed by atoms with Crippen LogP contribution in [0.2, 0.25) is 0 Å². The van der Waals surface area contributed by atoms with E-state index in [1.54, 1.807) is 0 Å². The molecule has 1 fully saturated rings. The summed E-state index contributed by atoms with van der Waals surface area (Å²) in [4.78, 5) is 26.7. The standard InChI is InChI=1S/C23H26N2O2/c26-22(18-9-10-21-19(15-18)16-23(27)24-21)11-13-25-12-5-4-8-20(25)14-17-6-2-1-3-7-17/h1-3,6-7,9-10,15,20H,4-5,8,11-14,16H2,(H,24,27)/t20-/m1/s1. The lowest BCUT2D eigenvalue weighted by Gasteiger charge is -2.35. The van der Waals surface area contributed by atoms with Crippen molar-refractivity contribution in [2.45, 2.75) is 44.6 Å². The van der Waals surface area contributed by atoms with Crippen LogP contribution in [0.4, 0.5) is 5.69 Å². The highest BCUT2D eigenvalue weighted by Gasteiger charge is 2.24. The molecule has 0 bridgehead atoms. The fourth-order valence-electron chi connectivity index (χ4n) is 4.26. The second-order valence-electron chi connectivity index (χ2n) is 7.65. The van der Waals surface area contributed by atoms with E-state index in [1.807, 2.05) is 18.2 Å². The Bertz CT molecular complexity index is 832. The Balaban J connectivity index is 1.37. The maximum absolute atomic E-state index is 12.7. The summed E-state index contributed by atoms with van der Waals surface area (Å²) >= 11 is 0. The summed E-state index contributed by atoms with van der Waals surface area (Å²) in [6.07, 6.45) is 5.66. The Kier molecular flexibility index (Phi) is 5.35. The SMILES string of the molecule is O=C1Cc2cc(C(=O)CCN3CCCC[C@@H]3Cc3ccccc3)ccc2N1. The predicted molar refractivity (Wildman–Crippen MR) is 107 cm³/mol. The minimum atomic E-state index is 0.00618. The van der Waals surface area contributed by atoms with Gasteiger partial charge in [0.15, 0.2) is 5.78 Å². The fourth-order valence-corrected chi connectivity index (χ4v) is 4.26. The number of likely N-dealkylation sites (tertiary alicyclic amines) is 1. The maximum Gasteiger partial charge on any atom is 0.228 e. The van der Waals surface area contributed by atoms with E-state index in [9.17, 15) is 9.59 Å². The molecule has 0 saturated carbocycles. The molecule has 0 aromatic heterocycles. The molecule has 2 aromatic rings. The molecule has 4 rings (SSSR count). The summed E-state index contributed by atoms with van der Waals surface area (Å²) < 4.78 is 0. The smallest absolute Gasteiger partial charge is 0.228 e. The summed E-state index contributed by atoms with van der Waals surface area (Å²) in [5.41, 5.74) is 3.87. The van der Waals surface area contributed by atoms with Gasteiger partial charge in [-0.2, -0.15) is 0 Å². The number of Topliss-reactive ketones (excluding diaryl/α,β-unsaturated/α-hetero) is 1. The van der Waals surface area contributed by atoms with Gasteiger partial charge >= 0.3 is 0 Å². The van der Waals surface area contributed by atoms with Crippen molar-refractivity contribution in [3.05, 3.63) is 65.2 Å². The molecule has 2 aliphatic heterocycles. The van der Waals surface area contributed by atoms with Crippen LogP contribution in [0.5, 0.6) is 0 Å². The summed E-state index contributed by atoms with van der Waals surface area (Å²) in [7, 11) is 0. The summed E-state index contributed by atoms with van der Waals surface area (Å²) in [5.74, 6) is 0.174. The number of benzene rings is 2. The van der Waals surface area contributed by atoms with Gasteiger partial charge in [-0.15, -0.1) is 0 Å². The van der Waals surface area contributed by atoms with Crippen LogP contribution in [0.15, 0.2) is 48.5 Å². The van der Waals surface area contributed by atoms with Crippen molar-refractivity contribution in [3.63, 3.8) is 0 Å². The number of nitrogens with zero attached hydrogens (tertiary/aromatic N) is 1. The van der Waals surface area contributed by atoms with E-state index in [2.05, 4.69) is 40.5 Å². The number of piperidine rings is 1. The van der Waals surface area contributed by atoms with Crippen molar-refractivity contribution in [2.24, 2.45) is 0 Å². The molecule has 1 amide bonds. The normalized spacial score (nSPS) is 19.6. The van der Waals surface area contributed by atoms with Gasteiger partial charge in [-0.3, -0.25) is 14.5 Å². The van der Waals surface area contributed by atoms with Crippen LogP contribution in [0.25, 0.3) is 0 Å². The molecule has 0 aliphatic carbocycles. The lowest BCUT2D eigenvalue weighted by Crippen LogP contribution is -2.41. The highest BCUT2D eigenvalue weighted by atomic mass is 16.1. The van der Waals surface area contributed by atoms with E-state index < -0.39 is 0 Å². The second-order valence-corrected chi connectivity index (χ2v) is 7.65. The highest BCUT2D eigenvalue weighted by molar-refractivity contribution is 6.02. The number of rotatable bonds is 6. The third-order valence-corrected chi connectivity index (χ3v) is 5.74. The van der Waals surface area contributed by atoms with Crippen LogP contribution in [0.3, 0.4) is 0 Å². The van der Waals surface area contributed by atoms with Gasteiger partial charge < -0.3 is 5.32 Å². The van der Waals surface area contributed by atoms with E-state index in [1.165, 1.54) is 24.8 Å². The van der Waals surface area contributed by atoms with Gasteiger partial charge in [-0.25, -0.2) is 0 Å². The van der Waals surface area contributed by atoms with Crippen LogP contribution in [-0.2, 0) is 17.6 Å². The molecule has 2 aromatic carbocycles. The molecule has 2 aliphatic rings. The minimum Gasteiger partial charge on any atom is -0.326 e. The van der Waals surface area contributed by atoms with Crippen LogP contribution >= 0.6 is 0 Å². The Morgan fingerprint density at radius 3 is 2.81 bits per heavy atom. The van der Waals surface area contributed by atoms with Gasteiger partial charge in [0.25, 0.3) is 0 Å². The van der Waals surface area contributed by atoms with Crippen molar-refractivity contribution in [1.82, 2.24) is 4.90 Å². The van der Waals surface area contributed by atoms with E-state index in [0.29, 0.717) is 18.9 Å². The molecule has 0 unspecified atom stereocenters. The number of ketones is 1. The second kappa shape index (κ2) is 8.05. The Morgan fingerprint density at radius 2 is 1.96 bits per heavy atom. The Morgan fingerprint density at radius 1 is 1.11 bits per heavy atom. The third kappa shape index (κ3) is 4.28. The Labute approximate surface area is 160 Å². The number of carbonyl (C=O) groups is 2. The van der Waals surface area contributed by atoms with Crippen LogP contribution < -0.4 is 5.32 Å². The fraction of sp³-hybridized carbons (Fsp3) is 0.391. The number of hydrogen-bond donors (Lipinski definition) is 1. The van der Waals surface area contributed by atoms with E-state index in [0.717, 1.165) is 36.3 Å². The van der Waals surface area contributed by atoms with Gasteiger partial charge in [-0.05, 0) is 55.1 Å². The number of carbonyl (C=O) groups excluding carboxylic acids is 2. The van der Waals surface area contributed by atoms with Gasteiger partial charge in [0.2, 0.25) is 5.91 Å². The first-order valence-electron chi connectivity index (χ1n) is 9.93. The monoisotopic (exact) mass is 362 g/mol. The zero-order chi connectivity index (χ0) is 18.6. The summed E-state index contributed by atoms with van der Waals surface area (Å²) in [5, 5.41) is 2.82.